The van der Waals surface area contributed by atoms with E-state index in [0.29, 0.717) is 5.56 Å². The van der Waals surface area contributed by atoms with Crippen molar-refractivity contribution in [2.75, 3.05) is 26.4 Å². The van der Waals surface area contributed by atoms with Crippen LogP contribution in [0.1, 0.15) is 125 Å². The first kappa shape index (κ1) is 49.1. The fraction of sp³-hybridized carbons (Fsp3) is 0.524. The smallest absolute Gasteiger partial charge is 0.344 e. The summed E-state index contributed by atoms with van der Waals surface area (Å²) in [5.41, 5.74) is -3.64. The van der Waals surface area contributed by atoms with Crippen LogP contribution >= 0.6 is 0 Å². The number of aryl methyl sites for hydroxylation is 1. The molecule has 0 amide bonds. The van der Waals surface area contributed by atoms with E-state index in [1.807, 2.05) is 13.0 Å². The Kier molecular flexibility index (Phi) is 17.6. The van der Waals surface area contributed by atoms with Crippen molar-refractivity contribution in [2.45, 2.75) is 117 Å². The first-order valence-electron chi connectivity index (χ1n) is 18.6. The van der Waals surface area contributed by atoms with Crippen LogP contribution in [0.5, 0.6) is 5.75 Å². The zero-order valence-corrected chi connectivity index (χ0v) is 35.2. The first-order valence-corrected chi connectivity index (χ1v) is 18.6. The number of ether oxygens (including phenoxy) is 8. The van der Waals surface area contributed by atoms with Crippen LogP contribution in [0.4, 0.5) is 0 Å². The lowest BCUT2D eigenvalue weighted by Crippen LogP contribution is -2.36. The molecule has 0 spiro atoms. The molecule has 2 rings (SSSR count). The van der Waals surface area contributed by atoms with Crippen molar-refractivity contribution in [1.29, 1.82) is 0 Å². The number of benzene rings is 2. The second kappa shape index (κ2) is 21.1. The first-order chi connectivity index (χ1) is 27.2. The Morgan fingerprint density at radius 3 is 1.12 bits per heavy atom. The van der Waals surface area contributed by atoms with Crippen LogP contribution in [0.3, 0.4) is 0 Å². The molecule has 2 aromatic carbocycles. The van der Waals surface area contributed by atoms with Crippen LogP contribution in [-0.4, -0.2) is 102 Å². The van der Waals surface area contributed by atoms with Gasteiger partial charge in [-0.15, -0.1) is 0 Å². The average molecular weight is 831 g/mol. The average Bonchev–Trinajstić information content (AvgIpc) is 3.12. The standard InChI is InChI=1S/C42H54O17/c1-26-12-11-13-28(18-26)36(49)53-23-33(46)57-40(5,6)16-17-42(9,10)59-35(48)25-55-38(51)30-19-29(20-31(44)21-30)37(50)54-24-34(47)58-41(7,8)15-14-39(3,4)56-32(45)22-52-27(2)43/h11-13,18-21,44H,14-17,22-25H2,1-10H3. The Bertz CT molecular complexity index is 1870. The predicted molar refractivity (Wildman–Crippen MR) is 206 cm³/mol. The number of rotatable bonds is 21. The maximum Gasteiger partial charge on any atom is 0.344 e. The van der Waals surface area contributed by atoms with Gasteiger partial charge in [-0.2, -0.15) is 0 Å². The molecule has 0 radical (unpaired) electrons. The Balaban J connectivity index is 1.83. The molecule has 1 N–H and O–H groups in total. The van der Waals surface area contributed by atoms with Gasteiger partial charge in [-0.25, -0.2) is 33.6 Å². The van der Waals surface area contributed by atoms with Gasteiger partial charge in [0.15, 0.2) is 26.4 Å². The second-order valence-corrected chi connectivity index (χ2v) is 16.1. The third-order valence-electron chi connectivity index (χ3n) is 8.22. The van der Waals surface area contributed by atoms with Gasteiger partial charge in [-0.05, 0) is 118 Å². The van der Waals surface area contributed by atoms with E-state index >= 15 is 0 Å². The van der Waals surface area contributed by atoms with E-state index in [1.54, 1.807) is 73.6 Å². The summed E-state index contributed by atoms with van der Waals surface area (Å²) in [6.45, 7) is 13.2. The molecular weight excluding hydrogens is 776 g/mol. The van der Waals surface area contributed by atoms with Gasteiger partial charge < -0.3 is 43.0 Å². The molecular formula is C42H54O17. The highest BCUT2D eigenvalue weighted by Crippen LogP contribution is 2.27. The summed E-state index contributed by atoms with van der Waals surface area (Å²) in [5.74, 6) is -7.30. The van der Waals surface area contributed by atoms with Crippen LogP contribution in [0.2, 0.25) is 0 Å². The number of esters is 8. The molecule has 17 heteroatoms. The van der Waals surface area contributed by atoms with E-state index in [9.17, 15) is 43.5 Å². The highest BCUT2D eigenvalue weighted by Gasteiger charge is 2.32. The third kappa shape index (κ3) is 19.3. The summed E-state index contributed by atoms with van der Waals surface area (Å²) in [7, 11) is 0. The topological polar surface area (TPSA) is 231 Å². The molecule has 0 aliphatic rings. The van der Waals surface area contributed by atoms with Crippen molar-refractivity contribution in [2.24, 2.45) is 0 Å². The van der Waals surface area contributed by atoms with Crippen molar-refractivity contribution in [1.82, 2.24) is 0 Å². The van der Waals surface area contributed by atoms with Crippen LogP contribution in [0.15, 0.2) is 42.5 Å². The van der Waals surface area contributed by atoms with Gasteiger partial charge in [0.05, 0.1) is 16.7 Å². The number of phenols is 1. The monoisotopic (exact) mass is 830 g/mol. The summed E-state index contributed by atoms with van der Waals surface area (Å²) in [6.07, 6.45) is 0.941. The summed E-state index contributed by atoms with van der Waals surface area (Å²) < 4.78 is 41.5. The van der Waals surface area contributed by atoms with Crippen LogP contribution in [0.25, 0.3) is 0 Å². The lowest BCUT2D eigenvalue weighted by atomic mass is 9.94. The molecule has 0 heterocycles. The molecule has 2 aromatic rings. The lowest BCUT2D eigenvalue weighted by molar-refractivity contribution is -0.170. The van der Waals surface area contributed by atoms with Crippen molar-refractivity contribution in [3.05, 3.63) is 64.7 Å². The van der Waals surface area contributed by atoms with E-state index in [0.717, 1.165) is 30.7 Å². The molecule has 0 unspecified atom stereocenters. The van der Waals surface area contributed by atoms with E-state index in [1.165, 1.54) is 0 Å². The number of hydrogen-bond acceptors (Lipinski definition) is 17. The lowest BCUT2D eigenvalue weighted by Gasteiger charge is -2.31. The molecule has 0 aliphatic heterocycles. The Hall–Kier alpha value is -6.00. The van der Waals surface area contributed by atoms with E-state index in [2.05, 4.69) is 4.74 Å². The van der Waals surface area contributed by atoms with Crippen LogP contribution in [0, 0.1) is 6.92 Å². The van der Waals surface area contributed by atoms with E-state index < -0.39 is 102 Å². The molecule has 17 nitrogen and oxygen atoms in total. The highest BCUT2D eigenvalue weighted by molar-refractivity contribution is 5.97. The number of carbonyl (C=O) groups excluding carboxylic acids is 8. The maximum absolute atomic E-state index is 12.8. The van der Waals surface area contributed by atoms with Gasteiger partial charge in [-0.1, -0.05) is 17.7 Å². The predicted octanol–water partition coefficient (Wildman–Crippen LogP) is 5.28. The minimum absolute atomic E-state index is 0.217. The minimum atomic E-state index is -1.10. The Morgan fingerprint density at radius 2 is 0.797 bits per heavy atom. The van der Waals surface area contributed by atoms with Crippen molar-refractivity contribution >= 4 is 47.8 Å². The number of phenolic OH excluding ortho intramolecular Hbond substituents is 1. The quantitative estimate of drug-likeness (QED) is 0.125. The molecule has 324 valence electrons. The zero-order valence-electron chi connectivity index (χ0n) is 35.2. The van der Waals surface area contributed by atoms with Gasteiger partial charge in [0.2, 0.25) is 0 Å². The largest absolute Gasteiger partial charge is 0.508 e. The normalized spacial score (nSPS) is 11.7. The van der Waals surface area contributed by atoms with Gasteiger partial charge >= 0.3 is 47.8 Å². The molecule has 0 bridgehead atoms. The van der Waals surface area contributed by atoms with Gasteiger partial charge in [-0.3, -0.25) is 4.79 Å². The van der Waals surface area contributed by atoms with Gasteiger partial charge in [0, 0.05) is 6.92 Å². The van der Waals surface area contributed by atoms with Crippen LogP contribution < -0.4 is 0 Å². The van der Waals surface area contributed by atoms with Crippen molar-refractivity contribution < 1.29 is 81.4 Å². The molecule has 0 atom stereocenters. The molecule has 0 fully saturated rings. The minimum Gasteiger partial charge on any atom is -0.508 e. The number of carbonyl (C=O) groups is 8. The SMILES string of the molecule is CC(=O)OCC(=O)OC(C)(C)CCC(C)(C)OC(=O)COC(=O)c1cc(O)cc(C(=O)OCC(=O)OC(C)(C)CCC(C)(C)OC(=O)COC(=O)c2cccc(C)c2)c1. The van der Waals surface area contributed by atoms with Gasteiger partial charge in [0.25, 0.3) is 0 Å². The third-order valence-corrected chi connectivity index (χ3v) is 8.22. The molecule has 0 aromatic heterocycles. The summed E-state index contributed by atoms with van der Waals surface area (Å²) >= 11 is 0. The van der Waals surface area contributed by atoms with Crippen LogP contribution in [-0.2, 0) is 61.9 Å². The van der Waals surface area contributed by atoms with Gasteiger partial charge in [0.1, 0.15) is 28.2 Å². The Morgan fingerprint density at radius 1 is 0.475 bits per heavy atom. The fourth-order valence-electron chi connectivity index (χ4n) is 5.16. The maximum atomic E-state index is 12.8. The molecule has 0 saturated heterocycles. The summed E-state index contributed by atoms with van der Waals surface area (Å²) in [6, 6.07) is 9.73. The number of hydrogen-bond donors (Lipinski definition) is 1. The molecule has 0 aliphatic carbocycles. The fourth-order valence-corrected chi connectivity index (χ4v) is 5.16. The van der Waals surface area contributed by atoms with E-state index in [4.69, 9.17) is 33.2 Å². The zero-order chi connectivity index (χ0) is 44.8. The Labute approximate surface area is 342 Å². The highest BCUT2D eigenvalue weighted by atomic mass is 16.6. The van der Waals surface area contributed by atoms with Crippen molar-refractivity contribution in [3.63, 3.8) is 0 Å². The molecule has 59 heavy (non-hydrogen) atoms. The summed E-state index contributed by atoms with van der Waals surface area (Å²) in [5, 5.41) is 10.2. The number of aromatic hydroxyl groups is 1. The molecule has 0 saturated carbocycles. The van der Waals surface area contributed by atoms with Crippen molar-refractivity contribution in [3.8, 4) is 5.75 Å². The van der Waals surface area contributed by atoms with E-state index in [-0.39, 0.29) is 36.8 Å². The summed E-state index contributed by atoms with van der Waals surface area (Å²) in [4.78, 5) is 98.1. The second-order valence-electron chi connectivity index (χ2n) is 16.1.